The first-order chi connectivity index (χ1) is 17.3. The summed E-state index contributed by atoms with van der Waals surface area (Å²) < 4.78 is 48.3. The van der Waals surface area contributed by atoms with E-state index >= 15 is 0 Å². The number of aromatic nitrogens is 1. The molecule has 2 bridgehead atoms. The average Bonchev–Trinajstić information content (AvgIpc) is 2.94. The molecule has 198 valence electrons. The molecule has 2 unspecified atom stereocenters. The zero-order valence-corrected chi connectivity index (χ0v) is 20.7. The van der Waals surface area contributed by atoms with Gasteiger partial charge in [0.1, 0.15) is 29.7 Å². The molecule has 2 aromatic rings. The van der Waals surface area contributed by atoms with Crippen LogP contribution in [0.3, 0.4) is 0 Å². The van der Waals surface area contributed by atoms with E-state index in [1.165, 1.54) is 9.58 Å². The van der Waals surface area contributed by atoms with Crippen LogP contribution in [0.4, 0.5) is 13.2 Å². The van der Waals surface area contributed by atoms with Crippen LogP contribution in [0.1, 0.15) is 54.1 Å². The van der Waals surface area contributed by atoms with Crippen LogP contribution in [0.25, 0.3) is 0 Å². The number of halogens is 3. The summed E-state index contributed by atoms with van der Waals surface area (Å²) in [6.07, 6.45) is 4.76. The number of rotatable bonds is 5. The Labute approximate surface area is 210 Å². The summed E-state index contributed by atoms with van der Waals surface area (Å²) in [7, 11) is 0. The van der Waals surface area contributed by atoms with Crippen LogP contribution in [-0.4, -0.2) is 57.5 Å². The van der Waals surface area contributed by atoms with Gasteiger partial charge in [0.15, 0.2) is 11.4 Å². The Morgan fingerprint density at radius 2 is 1.81 bits per heavy atom. The van der Waals surface area contributed by atoms with E-state index in [-0.39, 0.29) is 25.0 Å². The third-order valence-electron chi connectivity index (χ3n) is 6.15. The third kappa shape index (κ3) is 5.06. The van der Waals surface area contributed by atoms with Crippen LogP contribution in [0.15, 0.2) is 35.3 Å². The van der Waals surface area contributed by atoms with E-state index in [0.717, 1.165) is 6.20 Å². The average molecular weight is 521 g/mol. The maximum atomic E-state index is 14.0. The second-order valence-electron chi connectivity index (χ2n) is 9.92. The number of carbonyl (C=O) groups excluding carboxylic acids is 2. The molecule has 2 amide bonds. The van der Waals surface area contributed by atoms with Gasteiger partial charge in [-0.2, -0.15) is 0 Å². The normalized spacial score (nSPS) is 19.1. The number of hydrogen-bond donors (Lipinski definition) is 2. The first-order valence-corrected chi connectivity index (χ1v) is 11.6. The van der Waals surface area contributed by atoms with E-state index in [1.54, 1.807) is 11.9 Å². The summed E-state index contributed by atoms with van der Waals surface area (Å²) in [4.78, 5) is 40.4. The molecule has 1 aromatic carbocycles. The van der Waals surface area contributed by atoms with Crippen molar-refractivity contribution in [1.29, 1.82) is 0 Å². The minimum absolute atomic E-state index is 0.0769. The lowest BCUT2D eigenvalue weighted by Crippen LogP contribution is -2.59. The van der Waals surface area contributed by atoms with Crippen LogP contribution < -0.4 is 15.8 Å². The highest BCUT2D eigenvalue weighted by Crippen LogP contribution is 2.27. The smallest absolute Gasteiger partial charge is 0.278 e. The molecular formula is C25H27F3N4O5. The van der Waals surface area contributed by atoms with Crippen LogP contribution in [0.5, 0.6) is 5.75 Å². The van der Waals surface area contributed by atoms with Gasteiger partial charge in [0, 0.05) is 36.5 Å². The SMILES string of the molecule is CC1C=CC(COC(C)(C)C)N2CN1C(=O)c1c(O)c(=O)c(C(=O)NCc3c(F)cc(F)cc3F)cn12. The van der Waals surface area contributed by atoms with E-state index in [1.807, 2.05) is 32.9 Å². The van der Waals surface area contributed by atoms with Crippen LogP contribution in [-0.2, 0) is 11.3 Å². The predicted molar refractivity (Wildman–Crippen MR) is 127 cm³/mol. The number of pyridine rings is 1. The fourth-order valence-corrected chi connectivity index (χ4v) is 4.13. The highest BCUT2D eigenvalue weighted by Gasteiger charge is 2.39. The zero-order valence-electron chi connectivity index (χ0n) is 20.7. The minimum Gasteiger partial charge on any atom is -0.502 e. The van der Waals surface area contributed by atoms with Crippen LogP contribution in [0.2, 0.25) is 0 Å². The zero-order chi connectivity index (χ0) is 27.2. The van der Waals surface area contributed by atoms with Crippen LogP contribution in [0, 0.1) is 17.5 Å². The molecule has 4 rings (SSSR count). The lowest BCUT2D eigenvalue weighted by Gasteiger charge is -2.42. The lowest BCUT2D eigenvalue weighted by molar-refractivity contribution is -0.00971. The second-order valence-corrected chi connectivity index (χ2v) is 9.92. The van der Waals surface area contributed by atoms with Gasteiger partial charge in [-0.1, -0.05) is 12.2 Å². The van der Waals surface area contributed by atoms with E-state index < -0.39 is 69.8 Å². The van der Waals surface area contributed by atoms with E-state index in [9.17, 15) is 32.7 Å². The molecule has 0 saturated carbocycles. The molecule has 0 spiro atoms. The van der Waals surface area contributed by atoms with Gasteiger partial charge < -0.3 is 20.1 Å². The van der Waals surface area contributed by atoms with E-state index in [0.29, 0.717) is 12.1 Å². The Balaban J connectivity index is 1.71. The van der Waals surface area contributed by atoms with Crippen molar-refractivity contribution >= 4 is 11.8 Å². The van der Waals surface area contributed by atoms with Crippen LogP contribution >= 0.6 is 0 Å². The van der Waals surface area contributed by atoms with Gasteiger partial charge in [-0.15, -0.1) is 0 Å². The molecule has 2 aliphatic heterocycles. The molecule has 2 N–H and O–H groups in total. The molecule has 0 saturated heterocycles. The minimum atomic E-state index is -1.21. The molecule has 0 fully saturated rings. The van der Waals surface area contributed by atoms with E-state index in [4.69, 9.17) is 4.74 Å². The Bertz CT molecular complexity index is 1330. The van der Waals surface area contributed by atoms with Crippen molar-refractivity contribution in [3.8, 4) is 5.75 Å². The molecule has 0 aliphatic carbocycles. The maximum Gasteiger partial charge on any atom is 0.278 e. The van der Waals surface area contributed by atoms with Crippen molar-refractivity contribution in [3.63, 3.8) is 0 Å². The number of hydrogen-bond acceptors (Lipinski definition) is 6. The summed E-state index contributed by atoms with van der Waals surface area (Å²) in [5, 5.41) is 14.6. The fraction of sp³-hybridized carbons (Fsp3) is 0.400. The van der Waals surface area contributed by atoms with Crippen molar-refractivity contribution in [3.05, 3.63) is 75.0 Å². The van der Waals surface area contributed by atoms with Gasteiger partial charge in [0.2, 0.25) is 5.43 Å². The first-order valence-electron chi connectivity index (χ1n) is 11.6. The maximum absolute atomic E-state index is 14.0. The van der Waals surface area contributed by atoms with Gasteiger partial charge in [0.05, 0.1) is 18.2 Å². The number of amides is 2. The highest BCUT2D eigenvalue weighted by atomic mass is 19.1. The number of fused-ring (bicyclic) bond motifs is 4. The summed E-state index contributed by atoms with van der Waals surface area (Å²) in [6, 6.07) is 0.157. The second kappa shape index (κ2) is 9.58. The number of benzene rings is 1. The molecule has 3 heterocycles. The standard InChI is InChI=1S/C25H27F3N4O5/c1-13-5-6-15(11-37-25(2,3)4)32-12-30(13)24(36)20-22(34)21(33)17(10-31(20)32)23(35)29-9-16-18(27)7-14(26)8-19(16)28/h5-8,10,13,15,34H,9,11-12H2,1-4H3,(H,29,35). The van der Waals surface area contributed by atoms with Gasteiger partial charge in [0.25, 0.3) is 11.8 Å². The summed E-state index contributed by atoms with van der Waals surface area (Å²) >= 11 is 0. The summed E-state index contributed by atoms with van der Waals surface area (Å²) in [5.74, 6) is -6.12. The van der Waals surface area contributed by atoms with Crippen molar-refractivity contribution in [2.24, 2.45) is 0 Å². The fourth-order valence-electron chi connectivity index (χ4n) is 4.13. The van der Waals surface area contributed by atoms with Crippen molar-refractivity contribution in [2.75, 3.05) is 18.3 Å². The molecular weight excluding hydrogens is 493 g/mol. The molecule has 2 aliphatic rings. The molecule has 12 heteroatoms. The van der Waals surface area contributed by atoms with Gasteiger partial charge in [-0.3, -0.25) is 24.1 Å². The van der Waals surface area contributed by atoms with Gasteiger partial charge >= 0.3 is 0 Å². The number of nitrogens with zero attached hydrogens (tertiary/aromatic N) is 3. The van der Waals surface area contributed by atoms with E-state index in [2.05, 4.69) is 5.32 Å². The van der Waals surface area contributed by atoms with Gasteiger partial charge in [-0.25, -0.2) is 13.2 Å². The topological polar surface area (TPSA) is 104 Å². The van der Waals surface area contributed by atoms with Crippen molar-refractivity contribution in [2.45, 2.75) is 51.9 Å². The van der Waals surface area contributed by atoms with Crippen molar-refractivity contribution in [1.82, 2.24) is 14.9 Å². The Kier molecular flexibility index (Phi) is 6.80. The molecule has 0 radical (unpaired) electrons. The van der Waals surface area contributed by atoms with Gasteiger partial charge in [-0.05, 0) is 27.7 Å². The Morgan fingerprint density at radius 1 is 1.16 bits per heavy atom. The Morgan fingerprint density at radius 3 is 2.43 bits per heavy atom. The summed E-state index contributed by atoms with van der Waals surface area (Å²) in [5.41, 5.74) is -3.07. The number of nitrogens with one attached hydrogen (secondary N) is 1. The molecule has 2 atom stereocenters. The lowest BCUT2D eigenvalue weighted by atomic mass is 10.1. The number of aromatic hydroxyl groups is 1. The summed E-state index contributed by atoms with van der Waals surface area (Å²) in [6.45, 7) is 7.03. The van der Waals surface area contributed by atoms with Crippen molar-refractivity contribution < 1.29 is 32.6 Å². The molecule has 1 aromatic heterocycles. The molecule has 37 heavy (non-hydrogen) atoms. The monoisotopic (exact) mass is 520 g/mol. The molecule has 9 nitrogen and oxygen atoms in total. The third-order valence-corrected chi connectivity index (χ3v) is 6.15. The predicted octanol–water partition coefficient (Wildman–Crippen LogP) is 2.39. The first kappa shape index (κ1) is 26.3. The highest BCUT2D eigenvalue weighted by molar-refractivity contribution is 5.99. The largest absolute Gasteiger partial charge is 0.502 e. The number of carbonyl (C=O) groups is 2. The number of ether oxygens (including phenoxy) is 1. The quantitative estimate of drug-likeness (QED) is 0.587. The Hall–Kier alpha value is -3.80.